The zero-order valence-electron chi connectivity index (χ0n) is 12.0. The number of rotatable bonds is 3. The first-order chi connectivity index (χ1) is 8.85. The summed E-state index contributed by atoms with van der Waals surface area (Å²) in [6.07, 6.45) is 0. The average Bonchev–Trinajstić information content (AvgIpc) is 2.94. The van der Waals surface area contributed by atoms with E-state index in [4.69, 9.17) is 14.9 Å². The smallest absolute Gasteiger partial charge is 0.254 e. The van der Waals surface area contributed by atoms with Crippen LogP contribution in [0.25, 0.3) is 0 Å². The van der Waals surface area contributed by atoms with Gasteiger partial charge in [0, 0.05) is 26.2 Å². The van der Waals surface area contributed by atoms with Gasteiger partial charge in [-0.2, -0.15) is 0 Å². The predicted molar refractivity (Wildman–Crippen MR) is 71.8 cm³/mol. The van der Waals surface area contributed by atoms with E-state index in [9.17, 15) is 4.79 Å². The third kappa shape index (κ3) is 2.67. The van der Waals surface area contributed by atoms with Gasteiger partial charge in [-0.25, -0.2) is 0 Å². The zero-order chi connectivity index (χ0) is 14.2. The first-order valence-corrected chi connectivity index (χ1v) is 6.51. The Hall–Kier alpha value is -1.33. The van der Waals surface area contributed by atoms with Crippen LogP contribution in [0.3, 0.4) is 0 Å². The maximum absolute atomic E-state index is 12.3. The predicted octanol–water partition coefficient (Wildman–Crippen LogP) is 1.27. The number of methoxy groups -OCH3 is 1. The molecule has 5 heteroatoms. The minimum absolute atomic E-state index is 0.0313. The molecule has 1 fully saturated rings. The molecular weight excluding hydrogens is 244 g/mol. The number of hydrogen-bond acceptors (Lipinski definition) is 4. The molecule has 2 N–H and O–H groups in total. The molecule has 2 unspecified atom stereocenters. The lowest BCUT2D eigenvalue weighted by atomic mass is 10.0. The molecule has 0 saturated carbocycles. The minimum Gasteiger partial charge on any atom is -0.466 e. The fraction of sp³-hybridized carbons (Fsp3) is 0.643. The van der Waals surface area contributed by atoms with Crippen molar-refractivity contribution in [3.05, 3.63) is 23.7 Å². The second-order valence-corrected chi connectivity index (χ2v) is 5.64. The second kappa shape index (κ2) is 4.98. The van der Waals surface area contributed by atoms with Crippen LogP contribution < -0.4 is 5.73 Å². The molecule has 2 rings (SSSR count). The quantitative estimate of drug-likeness (QED) is 0.894. The van der Waals surface area contributed by atoms with Crippen LogP contribution in [0.15, 0.2) is 16.5 Å². The van der Waals surface area contributed by atoms with Crippen LogP contribution >= 0.6 is 0 Å². The van der Waals surface area contributed by atoms with Crippen molar-refractivity contribution in [1.29, 1.82) is 0 Å². The average molecular weight is 266 g/mol. The monoisotopic (exact) mass is 266 g/mol. The zero-order valence-corrected chi connectivity index (χ0v) is 12.0. The van der Waals surface area contributed by atoms with Crippen LogP contribution in [0.5, 0.6) is 0 Å². The number of nitrogens with two attached hydrogens (primary N) is 1. The first-order valence-electron chi connectivity index (χ1n) is 6.51. The highest BCUT2D eigenvalue weighted by Crippen LogP contribution is 2.29. The van der Waals surface area contributed by atoms with Gasteiger partial charge in [-0.05, 0) is 32.9 Å². The molecular formula is C14H22N2O3. The highest BCUT2D eigenvalue weighted by molar-refractivity contribution is 5.84. The molecule has 2 atom stereocenters. The van der Waals surface area contributed by atoms with Crippen molar-refractivity contribution in [2.45, 2.75) is 38.3 Å². The van der Waals surface area contributed by atoms with Crippen molar-refractivity contribution < 1.29 is 13.9 Å². The van der Waals surface area contributed by atoms with E-state index in [-0.39, 0.29) is 17.9 Å². The maximum Gasteiger partial charge on any atom is 0.254 e. The van der Waals surface area contributed by atoms with Gasteiger partial charge in [-0.1, -0.05) is 0 Å². The van der Waals surface area contributed by atoms with E-state index in [1.807, 2.05) is 19.1 Å². The van der Waals surface area contributed by atoms with Crippen molar-refractivity contribution in [3.8, 4) is 0 Å². The third-order valence-electron chi connectivity index (χ3n) is 3.80. The van der Waals surface area contributed by atoms with Gasteiger partial charge >= 0.3 is 0 Å². The van der Waals surface area contributed by atoms with Gasteiger partial charge in [0.15, 0.2) is 0 Å². The SMILES string of the molecule is COC(C)(C)C(=O)N1CC(N)C(c2ccc(C)o2)C1. The largest absolute Gasteiger partial charge is 0.466 e. The van der Waals surface area contributed by atoms with Gasteiger partial charge in [0.1, 0.15) is 17.1 Å². The second-order valence-electron chi connectivity index (χ2n) is 5.64. The lowest BCUT2D eigenvalue weighted by Gasteiger charge is -2.27. The fourth-order valence-corrected chi connectivity index (χ4v) is 2.42. The molecule has 19 heavy (non-hydrogen) atoms. The summed E-state index contributed by atoms with van der Waals surface area (Å²) in [5.41, 5.74) is 5.33. The summed E-state index contributed by atoms with van der Waals surface area (Å²) in [5, 5.41) is 0. The first kappa shape index (κ1) is 14.1. The van der Waals surface area contributed by atoms with Crippen molar-refractivity contribution in [2.75, 3.05) is 20.2 Å². The summed E-state index contributed by atoms with van der Waals surface area (Å²) in [6.45, 7) is 6.56. The van der Waals surface area contributed by atoms with Crippen molar-refractivity contribution in [2.24, 2.45) is 5.73 Å². The summed E-state index contributed by atoms with van der Waals surface area (Å²) in [5.74, 6) is 1.75. The van der Waals surface area contributed by atoms with Gasteiger partial charge in [0.05, 0.1) is 5.92 Å². The molecule has 2 heterocycles. The number of amides is 1. The van der Waals surface area contributed by atoms with Crippen LogP contribution in [0.1, 0.15) is 31.3 Å². The lowest BCUT2D eigenvalue weighted by molar-refractivity contribution is -0.149. The van der Waals surface area contributed by atoms with Crippen LogP contribution in [0, 0.1) is 6.92 Å². The van der Waals surface area contributed by atoms with Gasteiger partial charge in [0.2, 0.25) is 0 Å². The van der Waals surface area contributed by atoms with Crippen molar-refractivity contribution >= 4 is 5.91 Å². The molecule has 106 valence electrons. The Bertz CT molecular complexity index is 467. The van der Waals surface area contributed by atoms with E-state index >= 15 is 0 Å². The van der Waals surface area contributed by atoms with Crippen LogP contribution in [0.4, 0.5) is 0 Å². The van der Waals surface area contributed by atoms with Crippen LogP contribution in [0.2, 0.25) is 0 Å². The van der Waals surface area contributed by atoms with Crippen LogP contribution in [-0.2, 0) is 9.53 Å². The maximum atomic E-state index is 12.3. The minimum atomic E-state index is -0.812. The molecule has 0 spiro atoms. The molecule has 0 bridgehead atoms. The Labute approximate surface area is 113 Å². The topological polar surface area (TPSA) is 68.7 Å². The molecule has 0 aromatic carbocycles. The van der Waals surface area contributed by atoms with Gasteiger partial charge in [0.25, 0.3) is 5.91 Å². The Kier molecular flexibility index (Phi) is 3.69. The molecule has 1 saturated heterocycles. The standard InChI is InChI=1S/C14H22N2O3/c1-9-5-6-12(19-9)10-7-16(8-11(10)15)13(17)14(2,3)18-4/h5-6,10-11H,7-8,15H2,1-4H3. The Morgan fingerprint density at radius 3 is 2.68 bits per heavy atom. The number of furan rings is 1. The van der Waals surface area contributed by atoms with Crippen molar-refractivity contribution in [3.63, 3.8) is 0 Å². The molecule has 1 aliphatic rings. The van der Waals surface area contributed by atoms with Gasteiger partial charge in [-0.3, -0.25) is 4.79 Å². The highest BCUT2D eigenvalue weighted by atomic mass is 16.5. The van der Waals surface area contributed by atoms with Crippen molar-refractivity contribution in [1.82, 2.24) is 4.90 Å². The van der Waals surface area contributed by atoms with E-state index in [1.54, 1.807) is 25.9 Å². The number of hydrogen-bond donors (Lipinski definition) is 1. The molecule has 1 aromatic heterocycles. The number of carbonyl (C=O) groups excluding carboxylic acids is 1. The lowest BCUT2D eigenvalue weighted by Crippen LogP contribution is -2.46. The number of nitrogens with zero attached hydrogens (tertiary/aromatic N) is 1. The normalized spacial score (nSPS) is 23.9. The number of ether oxygens (including phenoxy) is 1. The van der Waals surface area contributed by atoms with E-state index in [2.05, 4.69) is 0 Å². The molecule has 1 amide bonds. The number of likely N-dealkylation sites (tertiary alicyclic amines) is 1. The number of carbonyl (C=O) groups is 1. The summed E-state index contributed by atoms with van der Waals surface area (Å²) < 4.78 is 10.9. The summed E-state index contributed by atoms with van der Waals surface area (Å²) in [7, 11) is 1.54. The molecule has 0 aliphatic carbocycles. The van der Waals surface area contributed by atoms with Gasteiger partial charge in [-0.15, -0.1) is 0 Å². The number of aryl methyl sites for hydroxylation is 1. The Morgan fingerprint density at radius 1 is 1.47 bits per heavy atom. The molecule has 1 aromatic rings. The molecule has 1 aliphatic heterocycles. The van der Waals surface area contributed by atoms with E-state index in [1.165, 1.54) is 0 Å². The summed E-state index contributed by atoms with van der Waals surface area (Å²) in [6, 6.07) is 3.77. The fourth-order valence-electron chi connectivity index (χ4n) is 2.42. The third-order valence-corrected chi connectivity index (χ3v) is 3.80. The van der Waals surface area contributed by atoms with E-state index in [0.717, 1.165) is 11.5 Å². The van der Waals surface area contributed by atoms with E-state index < -0.39 is 5.60 Å². The molecule has 0 radical (unpaired) electrons. The summed E-state index contributed by atoms with van der Waals surface area (Å²) in [4.78, 5) is 14.1. The highest BCUT2D eigenvalue weighted by Gasteiger charge is 2.40. The van der Waals surface area contributed by atoms with E-state index in [0.29, 0.717) is 13.1 Å². The van der Waals surface area contributed by atoms with Gasteiger partial charge < -0.3 is 19.8 Å². The van der Waals surface area contributed by atoms with Crippen LogP contribution in [-0.4, -0.2) is 42.6 Å². The molecule has 5 nitrogen and oxygen atoms in total. The Balaban J connectivity index is 2.11. The summed E-state index contributed by atoms with van der Waals surface area (Å²) >= 11 is 0. The Morgan fingerprint density at radius 2 is 2.16 bits per heavy atom.